The lowest BCUT2D eigenvalue weighted by Crippen LogP contribution is -2.38. The first kappa shape index (κ1) is 24.8. The molecule has 1 aliphatic heterocycles. The van der Waals surface area contributed by atoms with Crippen LogP contribution in [0.15, 0.2) is 48.2 Å². The van der Waals surface area contributed by atoms with Crippen LogP contribution in [0.2, 0.25) is 0 Å². The molecule has 0 aromatic heterocycles. The van der Waals surface area contributed by atoms with Crippen LogP contribution in [0.3, 0.4) is 0 Å². The van der Waals surface area contributed by atoms with E-state index < -0.39 is 0 Å². The molecule has 30 heavy (non-hydrogen) atoms. The van der Waals surface area contributed by atoms with Gasteiger partial charge in [-0.3, -0.25) is 9.52 Å². The van der Waals surface area contributed by atoms with Crippen LogP contribution in [0.1, 0.15) is 60.8 Å². The molecule has 0 aromatic carbocycles. The molecular formula is C25H41N3OS. The standard InChI is InChI=1S/C25H41N3OS/c1-8-22(12-9-20(4)28-16-18(2)15-19(3)17-28)26-24(29)21-10-13-23(14-11-21)27-30-25(5,6)7/h8-11,13,18-19,22-23,27H,1,12,14-17H2,2-7H3,(H,26,29)/b20-9+/t18-,19?,22+,23?/m1/s1. The Hall–Kier alpha value is -1.46. The highest BCUT2D eigenvalue weighted by molar-refractivity contribution is 7.98. The normalized spacial score (nSPS) is 26.2. The van der Waals surface area contributed by atoms with Gasteiger partial charge in [0.1, 0.15) is 0 Å². The molecule has 4 atom stereocenters. The summed E-state index contributed by atoms with van der Waals surface area (Å²) in [6, 6.07) is 0.203. The molecule has 0 saturated carbocycles. The Morgan fingerprint density at radius 2 is 2.00 bits per heavy atom. The van der Waals surface area contributed by atoms with Crippen molar-refractivity contribution in [3.63, 3.8) is 0 Å². The third-order valence-electron chi connectivity index (χ3n) is 5.51. The fraction of sp³-hybridized carbons (Fsp3) is 0.640. The molecule has 2 rings (SSSR count). The Bertz CT molecular complexity index is 679. The maximum atomic E-state index is 12.7. The van der Waals surface area contributed by atoms with Crippen molar-refractivity contribution in [1.82, 2.24) is 14.9 Å². The summed E-state index contributed by atoms with van der Waals surface area (Å²) in [6.07, 6.45) is 13.0. The van der Waals surface area contributed by atoms with Crippen molar-refractivity contribution in [1.29, 1.82) is 0 Å². The zero-order valence-corrected chi connectivity index (χ0v) is 20.5. The zero-order valence-electron chi connectivity index (χ0n) is 19.7. The molecule has 0 bridgehead atoms. The summed E-state index contributed by atoms with van der Waals surface area (Å²) in [6.45, 7) is 19.6. The summed E-state index contributed by atoms with van der Waals surface area (Å²) in [5.74, 6) is 1.44. The average molecular weight is 432 g/mol. The van der Waals surface area contributed by atoms with E-state index in [9.17, 15) is 4.79 Å². The number of hydrogen-bond acceptors (Lipinski definition) is 4. The third kappa shape index (κ3) is 8.35. The summed E-state index contributed by atoms with van der Waals surface area (Å²) in [5, 5.41) is 3.12. The van der Waals surface area contributed by atoms with Crippen molar-refractivity contribution in [3.8, 4) is 0 Å². The Morgan fingerprint density at radius 3 is 2.53 bits per heavy atom. The van der Waals surface area contributed by atoms with Gasteiger partial charge in [0.05, 0.1) is 6.04 Å². The predicted molar refractivity (Wildman–Crippen MR) is 131 cm³/mol. The van der Waals surface area contributed by atoms with Crippen LogP contribution < -0.4 is 10.0 Å². The lowest BCUT2D eigenvalue weighted by Gasteiger charge is -2.37. The number of carbonyl (C=O) groups is 1. The van der Waals surface area contributed by atoms with Gasteiger partial charge in [-0.1, -0.05) is 56.2 Å². The van der Waals surface area contributed by atoms with Crippen molar-refractivity contribution < 1.29 is 4.79 Å². The van der Waals surface area contributed by atoms with Gasteiger partial charge in [-0.15, -0.1) is 6.58 Å². The van der Waals surface area contributed by atoms with Crippen LogP contribution >= 0.6 is 11.9 Å². The minimum Gasteiger partial charge on any atom is -0.375 e. The SMILES string of the molecule is C=C[C@@H](C/C=C(\C)N1CC(C)C[C@@H](C)C1)NC(=O)C1=CCC(NSC(C)(C)C)C=C1. The van der Waals surface area contributed by atoms with E-state index in [0.717, 1.165) is 43.3 Å². The van der Waals surface area contributed by atoms with Crippen LogP contribution in [-0.4, -0.2) is 40.7 Å². The summed E-state index contributed by atoms with van der Waals surface area (Å²) in [4.78, 5) is 15.2. The zero-order chi connectivity index (χ0) is 22.3. The lowest BCUT2D eigenvalue weighted by atomic mass is 9.91. The quantitative estimate of drug-likeness (QED) is 0.408. The molecule has 168 valence electrons. The highest BCUT2D eigenvalue weighted by atomic mass is 32.2. The number of nitrogens with zero attached hydrogens (tertiary/aromatic N) is 1. The minimum atomic E-state index is -0.0614. The van der Waals surface area contributed by atoms with Crippen molar-refractivity contribution in [3.05, 3.63) is 48.2 Å². The fourth-order valence-corrected chi connectivity index (χ4v) is 4.65. The van der Waals surface area contributed by atoms with Crippen molar-refractivity contribution in [2.24, 2.45) is 11.8 Å². The van der Waals surface area contributed by atoms with Gasteiger partial charge in [-0.25, -0.2) is 0 Å². The number of piperidine rings is 1. The summed E-state index contributed by atoms with van der Waals surface area (Å²) < 4.78 is 3.64. The first-order chi connectivity index (χ1) is 14.1. The van der Waals surface area contributed by atoms with Crippen LogP contribution in [0, 0.1) is 11.8 Å². The van der Waals surface area contributed by atoms with E-state index in [4.69, 9.17) is 0 Å². The van der Waals surface area contributed by atoms with Gasteiger partial charge < -0.3 is 10.2 Å². The molecule has 1 saturated heterocycles. The third-order valence-corrected chi connectivity index (χ3v) is 6.55. The molecular weight excluding hydrogens is 390 g/mol. The Balaban J connectivity index is 1.84. The number of allylic oxidation sites excluding steroid dienone is 1. The van der Waals surface area contributed by atoms with E-state index in [-0.39, 0.29) is 22.7 Å². The smallest absolute Gasteiger partial charge is 0.251 e. The molecule has 2 N–H and O–H groups in total. The summed E-state index contributed by atoms with van der Waals surface area (Å²) >= 11 is 1.73. The number of hydrogen-bond donors (Lipinski definition) is 2. The van der Waals surface area contributed by atoms with Gasteiger partial charge in [0.15, 0.2) is 0 Å². The van der Waals surface area contributed by atoms with Crippen LogP contribution in [0.4, 0.5) is 0 Å². The first-order valence-electron chi connectivity index (χ1n) is 11.2. The Labute approximate surface area is 188 Å². The average Bonchev–Trinajstić information content (AvgIpc) is 2.68. The van der Waals surface area contributed by atoms with Gasteiger partial charge in [-0.05, 0) is 58.8 Å². The highest BCUT2D eigenvalue weighted by Gasteiger charge is 2.22. The van der Waals surface area contributed by atoms with E-state index >= 15 is 0 Å². The topological polar surface area (TPSA) is 44.4 Å². The second kappa shape index (κ2) is 11.2. The molecule has 5 heteroatoms. The van der Waals surface area contributed by atoms with Gasteiger partial charge in [0.25, 0.3) is 5.91 Å². The molecule has 1 aliphatic carbocycles. The van der Waals surface area contributed by atoms with Gasteiger partial charge >= 0.3 is 0 Å². The van der Waals surface area contributed by atoms with E-state index in [0.29, 0.717) is 0 Å². The Morgan fingerprint density at radius 1 is 1.33 bits per heavy atom. The van der Waals surface area contributed by atoms with E-state index in [1.165, 1.54) is 12.1 Å². The number of rotatable bonds is 8. The molecule has 0 aromatic rings. The molecule has 0 spiro atoms. The van der Waals surface area contributed by atoms with E-state index in [1.807, 2.05) is 18.2 Å². The highest BCUT2D eigenvalue weighted by Crippen LogP contribution is 2.24. The maximum Gasteiger partial charge on any atom is 0.251 e. The molecule has 2 aliphatic rings. The second-order valence-corrected chi connectivity index (χ2v) is 11.6. The molecule has 1 heterocycles. The molecule has 1 fully saturated rings. The second-order valence-electron chi connectivity index (χ2n) is 9.94. The lowest BCUT2D eigenvalue weighted by molar-refractivity contribution is -0.117. The molecule has 1 amide bonds. The predicted octanol–water partition coefficient (Wildman–Crippen LogP) is 5.22. The first-order valence-corrected chi connectivity index (χ1v) is 12.1. The van der Waals surface area contributed by atoms with Gasteiger partial charge in [0, 0.05) is 35.1 Å². The van der Waals surface area contributed by atoms with Gasteiger partial charge in [0.2, 0.25) is 0 Å². The number of likely N-dealkylation sites (tertiary alicyclic amines) is 1. The number of amides is 1. The van der Waals surface area contributed by atoms with E-state index in [2.05, 4.69) is 75.2 Å². The number of carbonyl (C=O) groups excluding carboxylic acids is 1. The van der Waals surface area contributed by atoms with Crippen molar-refractivity contribution in [2.75, 3.05) is 13.1 Å². The van der Waals surface area contributed by atoms with E-state index in [1.54, 1.807) is 11.9 Å². The van der Waals surface area contributed by atoms with Crippen LogP contribution in [-0.2, 0) is 4.79 Å². The molecule has 0 radical (unpaired) electrons. The maximum absolute atomic E-state index is 12.7. The summed E-state index contributed by atoms with van der Waals surface area (Å²) in [7, 11) is 0. The van der Waals surface area contributed by atoms with Gasteiger partial charge in [-0.2, -0.15) is 0 Å². The molecule has 2 unspecified atom stereocenters. The Kier molecular flexibility index (Phi) is 9.30. The van der Waals surface area contributed by atoms with Crippen LogP contribution in [0.25, 0.3) is 0 Å². The van der Waals surface area contributed by atoms with Crippen molar-refractivity contribution >= 4 is 17.9 Å². The van der Waals surface area contributed by atoms with Crippen LogP contribution in [0.5, 0.6) is 0 Å². The molecule has 4 nitrogen and oxygen atoms in total. The fourth-order valence-electron chi connectivity index (χ4n) is 3.97. The summed E-state index contributed by atoms with van der Waals surface area (Å²) in [5.41, 5.74) is 2.04. The van der Waals surface area contributed by atoms with Crippen molar-refractivity contribution in [2.45, 2.75) is 77.6 Å². The minimum absolute atomic E-state index is 0.0238. The largest absolute Gasteiger partial charge is 0.375 e. The number of nitrogens with one attached hydrogen (secondary N) is 2. The monoisotopic (exact) mass is 431 g/mol.